The van der Waals surface area contributed by atoms with Gasteiger partial charge in [0.2, 0.25) is 5.91 Å². The first-order chi connectivity index (χ1) is 10.3. The average molecular weight is 286 g/mol. The van der Waals surface area contributed by atoms with Crippen molar-refractivity contribution in [3.05, 3.63) is 30.1 Å². The fourth-order valence-electron chi connectivity index (χ4n) is 2.66. The van der Waals surface area contributed by atoms with E-state index < -0.39 is 0 Å². The van der Waals surface area contributed by atoms with Crippen molar-refractivity contribution in [2.24, 2.45) is 5.92 Å². The zero-order valence-corrected chi connectivity index (χ0v) is 12.3. The third-order valence-electron chi connectivity index (χ3n) is 3.80. The first-order valence-corrected chi connectivity index (χ1v) is 7.54. The summed E-state index contributed by atoms with van der Waals surface area (Å²) in [6.07, 6.45) is 6.68. The second kappa shape index (κ2) is 8.38. The van der Waals surface area contributed by atoms with Crippen molar-refractivity contribution in [2.75, 3.05) is 19.6 Å². The Labute approximate surface area is 126 Å². The molecule has 1 fully saturated rings. The Bertz CT molecular complexity index is 477. The van der Waals surface area contributed by atoms with Crippen molar-refractivity contribution in [1.82, 2.24) is 15.2 Å². The van der Waals surface area contributed by atoms with Crippen molar-refractivity contribution in [2.45, 2.75) is 32.2 Å². The van der Waals surface area contributed by atoms with Crippen LogP contribution in [0.1, 0.15) is 31.2 Å². The Kier molecular flexibility index (Phi) is 6.17. The second-order valence-electron chi connectivity index (χ2n) is 5.50. The number of pyridine rings is 1. The SMILES string of the molecule is N#CCCN(Cc1cccnc1)C(=O)CC1CCCNC1. The van der Waals surface area contributed by atoms with Crippen molar-refractivity contribution in [1.29, 1.82) is 5.26 Å². The molecule has 2 rings (SSSR count). The lowest BCUT2D eigenvalue weighted by Crippen LogP contribution is -2.37. The molecule has 5 nitrogen and oxygen atoms in total. The minimum atomic E-state index is 0.141. The summed E-state index contributed by atoms with van der Waals surface area (Å²) in [5.41, 5.74) is 1.01. The molecule has 0 spiro atoms. The first kappa shape index (κ1) is 15.5. The van der Waals surface area contributed by atoms with Gasteiger partial charge in [-0.05, 0) is 43.5 Å². The van der Waals surface area contributed by atoms with Crippen LogP contribution in [0, 0.1) is 17.2 Å². The van der Waals surface area contributed by atoms with Crippen molar-refractivity contribution >= 4 is 5.91 Å². The van der Waals surface area contributed by atoms with Crippen LogP contribution in [0.3, 0.4) is 0 Å². The van der Waals surface area contributed by atoms with Crippen LogP contribution in [0.25, 0.3) is 0 Å². The smallest absolute Gasteiger partial charge is 0.223 e. The number of nitriles is 1. The molecule has 1 aliphatic rings. The third kappa shape index (κ3) is 5.16. The van der Waals surface area contributed by atoms with Gasteiger partial charge in [0.1, 0.15) is 0 Å². The lowest BCUT2D eigenvalue weighted by molar-refractivity contribution is -0.132. The minimum Gasteiger partial charge on any atom is -0.337 e. The number of hydrogen-bond donors (Lipinski definition) is 1. The normalized spacial score (nSPS) is 18.0. The molecule has 1 aromatic rings. The molecule has 0 radical (unpaired) electrons. The Morgan fingerprint density at radius 3 is 3.14 bits per heavy atom. The number of carbonyl (C=O) groups is 1. The maximum absolute atomic E-state index is 12.5. The molecule has 2 heterocycles. The molecular weight excluding hydrogens is 264 g/mol. The Morgan fingerprint density at radius 2 is 2.48 bits per heavy atom. The molecule has 1 saturated heterocycles. The highest BCUT2D eigenvalue weighted by molar-refractivity contribution is 5.76. The van der Waals surface area contributed by atoms with Crippen LogP contribution in [0.15, 0.2) is 24.5 Å². The van der Waals surface area contributed by atoms with E-state index in [1.165, 1.54) is 0 Å². The first-order valence-electron chi connectivity index (χ1n) is 7.54. The quantitative estimate of drug-likeness (QED) is 0.864. The minimum absolute atomic E-state index is 0.141. The van der Waals surface area contributed by atoms with E-state index in [0.717, 1.165) is 31.5 Å². The molecule has 0 aromatic carbocycles. The van der Waals surface area contributed by atoms with Crippen LogP contribution in [-0.4, -0.2) is 35.4 Å². The summed E-state index contributed by atoms with van der Waals surface area (Å²) in [7, 11) is 0. The third-order valence-corrected chi connectivity index (χ3v) is 3.80. The van der Waals surface area contributed by atoms with Crippen LogP contribution in [-0.2, 0) is 11.3 Å². The molecule has 0 saturated carbocycles. The fourth-order valence-corrected chi connectivity index (χ4v) is 2.66. The van der Waals surface area contributed by atoms with Gasteiger partial charge in [0.05, 0.1) is 12.5 Å². The van der Waals surface area contributed by atoms with Crippen LogP contribution >= 0.6 is 0 Å². The number of hydrogen-bond acceptors (Lipinski definition) is 4. The van der Waals surface area contributed by atoms with E-state index in [-0.39, 0.29) is 5.91 Å². The predicted molar refractivity (Wildman–Crippen MR) is 80.1 cm³/mol. The molecule has 112 valence electrons. The molecule has 1 aromatic heterocycles. The van der Waals surface area contributed by atoms with E-state index >= 15 is 0 Å². The summed E-state index contributed by atoms with van der Waals surface area (Å²) in [6.45, 7) is 3.00. The molecule has 0 aliphatic carbocycles. The van der Waals surface area contributed by atoms with Gasteiger partial charge in [0, 0.05) is 31.9 Å². The molecule has 1 amide bonds. The molecule has 1 unspecified atom stereocenters. The number of piperidine rings is 1. The van der Waals surface area contributed by atoms with Gasteiger partial charge in [-0.25, -0.2) is 0 Å². The zero-order chi connectivity index (χ0) is 14.9. The largest absolute Gasteiger partial charge is 0.337 e. The Balaban J connectivity index is 1.94. The summed E-state index contributed by atoms with van der Waals surface area (Å²) in [5, 5.41) is 12.1. The Morgan fingerprint density at radius 1 is 1.57 bits per heavy atom. The number of nitrogens with zero attached hydrogens (tertiary/aromatic N) is 3. The molecule has 21 heavy (non-hydrogen) atoms. The standard InChI is InChI=1S/C16H22N4O/c17-6-3-9-20(13-15-5-2-8-19-12-15)16(21)10-14-4-1-7-18-11-14/h2,5,8,12,14,18H,1,3-4,7,9-11,13H2. The van der Waals surface area contributed by atoms with Crippen molar-refractivity contribution < 1.29 is 4.79 Å². The van der Waals surface area contributed by atoms with Crippen molar-refractivity contribution in [3.63, 3.8) is 0 Å². The number of aromatic nitrogens is 1. The number of nitrogens with one attached hydrogen (secondary N) is 1. The predicted octanol–water partition coefficient (Wildman–Crippen LogP) is 1.71. The van der Waals surface area contributed by atoms with Gasteiger partial charge in [-0.1, -0.05) is 6.07 Å². The van der Waals surface area contributed by atoms with E-state index in [2.05, 4.69) is 16.4 Å². The summed E-state index contributed by atoms with van der Waals surface area (Å²) < 4.78 is 0. The van der Waals surface area contributed by atoms with E-state index in [4.69, 9.17) is 5.26 Å². The lowest BCUT2D eigenvalue weighted by Gasteiger charge is -2.27. The molecule has 1 N–H and O–H groups in total. The van der Waals surface area contributed by atoms with Crippen LogP contribution in [0.2, 0.25) is 0 Å². The highest BCUT2D eigenvalue weighted by Crippen LogP contribution is 2.16. The fraction of sp³-hybridized carbons (Fsp3) is 0.562. The summed E-state index contributed by atoms with van der Waals surface area (Å²) in [6, 6.07) is 5.95. The van der Waals surface area contributed by atoms with Gasteiger partial charge in [0.25, 0.3) is 0 Å². The van der Waals surface area contributed by atoms with Gasteiger partial charge in [-0.3, -0.25) is 9.78 Å². The second-order valence-corrected chi connectivity index (χ2v) is 5.50. The maximum atomic E-state index is 12.5. The van der Waals surface area contributed by atoms with Crippen molar-refractivity contribution in [3.8, 4) is 6.07 Å². The summed E-state index contributed by atoms with van der Waals surface area (Å²) >= 11 is 0. The molecule has 0 bridgehead atoms. The van der Waals surface area contributed by atoms with Gasteiger partial charge in [-0.2, -0.15) is 5.26 Å². The molecule has 1 atom stereocenters. The average Bonchev–Trinajstić information content (AvgIpc) is 2.53. The van der Waals surface area contributed by atoms with Gasteiger partial charge < -0.3 is 10.2 Å². The topological polar surface area (TPSA) is 69.0 Å². The maximum Gasteiger partial charge on any atom is 0.223 e. The monoisotopic (exact) mass is 286 g/mol. The van der Waals surface area contributed by atoms with E-state index in [9.17, 15) is 4.79 Å². The zero-order valence-electron chi connectivity index (χ0n) is 12.3. The lowest BCUT2D eigenvalue weighted by atomic mass is 9.95. The molecule has 1 aliphatic heterocycles. The van der Waals surface area contributed by atoms with E-state index in [1.807, 2.05) is 12.1 Å². The van der Waals surface area contributed by atoms with E-state index in [1.54, 1.807) is 17.3 Å². The summed E-state index contributed by atoms with van der Waals surface area (Å²) in [5.74, 6) is 0.563. The number of rotatable bonds is 6. The highest BCUT2D eigenvalue weighted by Gasteiger charge is 2.21. The number of amides is 1. The number of carbonyl (C=O) groups excluding carboxylic acids is 1. The van der Waals surface area contributed by atoms with E-state index in [0.29, 0.717) is 31.8 Å². The summed E-state index contributed by atoms with van der Waals surface area (Å²) in [4.78, 5) is 18.4. The molecule has 5 heteroatoms. The van der Waals surface area contributed by atoms with Gasteiger partial charge in [0.15, 0.2) is 0 Å². The van der Waals surface area contributed by atoms with Crippen LogP contribution < -0.4 is 5.32 Å². The van der Waals surface area contributed by atoms with Gasteiger partial charge >= 0.3 is 0 Å². The Hall–Kier alpha value is -1.93. The van der Waals surface area contributed by atoms with Crippen LogP contribution in [0.4, 0.5) is 0 Å². The highest BCUT2D eigenvalue weighted by atomic mass is 16.2. The molecular formula is C16H22N4O. The van der Waals surface area contributed by atoms with Gasteiger partial charge in [-0.15, -0.1) is 0 Å². The van der Waals surface area contributed by atoms with Crippen LogP contribution in [0.5, 0.6) is 0 Å².